The SMILES string of the molecule is CC1(C)c2ccccc2-c2cc(-c3cc(-c4ccc5c(c4)C(C46CC7CC(CC(C7)C4)C6)c4ccccc4-5)cc(-c4nc(-c5ccc(-c6ccccc6)cc5)nc(-c5ccc(-c6ccccc6)cc5)n4)c3)ccc21. The Balaban J connectivity index is 0.912. The number of aromatic nitrogens is 3. The maximum atomic E-state index is 5.42. The van der Waals surface area contributed by atoms with Crippen LogP contribution in [0.1, 0.15) is 80.5 Å². The Labute approximate surface area is 435 Å². The second-order valence-electron chi connectivity index (χ2n) is 23.0. The van der Waals surface area contributed by atoms with Crippen molar-refractivity contribution in [1.29, 1.82) is 0 Å². The fourth-order valence-corrected chi connectivity index (χ4v) is 15.2. The van der Waals surface area contributed by atoms with Crippen molar-refractivity contribution in [3.63, 3.8) is 0 Å². The quantitative estimate of drug-likeness (QED) is 0.152. The summed E-state index contributed by atoms with van der Waals surface area (Å²) in [5, 5.41) is 0. The van der Waals surface area contributed by atoms with Crippen LogP contribution in [0.3, 0.4) is 0 Å². The van der Waals surface area contributed by atoms with Gasteiger partial charge in [0.25, 0.3) is 0 Å². The minimum Gasteiger partial charge on any atom is -0.208 e. The van der Waals surface area contributed by atoms with Gasteiger partial charge >= 0.3 is 0 Å². The molecule has 0 amide bonds. The molecule has 6 aliphatic rings. The predicted octanol–water partition coefficient (Wildman–Crippen LogP) is 18.2. The zero-order valence-corrected chi connectivity index (χ0v) is 42.1. The molecular weight excluding hydrogens is 895 g/mol. The number of nitrogens with zero attached hydrogens (tertiary/aromatic N) is 3. The van der Waals surface area contributed by atoms with Crippen molar-refractivity contribution in [3.05, 3.63) is 235 Å². The van der Waals surface area contributed by atoms with Gasteiger partial charge in [-0.3, -0.25) is 0 Å². The molecule has 9 aromatic carbocycles. The maximum Gasteiger partial charge on any atom is 0.164 e. The molecule has 1 unspecified atom stereocenters. The summed E-state index contributed by atoms with van der Waals surface area (Å²) in [5.74, 6) is 5.00. The molecule has 0 spiro atoms. The summed E-state index contributed by atoms with van der Waals surface area (Å²) < 4.78 is 0. The number of benzene rings is 9. The van der Waals surface area contributed by atoms with Gasteiger partial charge in [0.1, 0.15) is 0 Å². The van der Waals surface area contributed by atoms with Crippen LogP contribution in [-0.4, -0.2) is 15.0 Å². The van der Waals surface area contributed by atoms with Gasteiger partial charge in [-0.05, 0) is 181 Å². The van der Waals surface area contributed by atoms with Crippen molar-refractivity contribution < 1.29 is 0 Å². The minimum atomic E-state index is -0.0804. The lowest BCUT2D eigenvalue weighted by Crippen LogP contribution is -2.48. The first-order valence-electron chi connectivity index (χ1n) is 27.0. The molecule has 6 aliphatic carbocycles. The topological polar surface area (TPSA) is 38.7 Å². The van der Waals surface area contributed by atoms with Gasteiger partial charge < -0.3 is 0 Å². The average Bonchev–Trinajstić information content (AvgIpc) is 3.97. The molecule has 1 aromatic heterocycles. The second-order valence-corrected chi connectivity index (χ2v) is 23.0. The highest BCUT2D eigenvalue weighted by Gasteiger charge is 2.56. The Bertz CT molecular complexity index is 3690. The van der Waals surface area contributed by atoms with E-state index in [1.54, 1.807) is 5.56 Å². The Morgan fingerprint density at radius 1 is 0.311 bits per heavy atom. The van der Waals surface area contributed by atoms with Crippen LogP contribution in [0.2, 0.25) is 0 Å². The molecule has 1 heterocycles. The van der Waals surface area contributed by atoms with Crippen molar-refractivity contribution in [2.24, 2.45) is 23.2 Å². The van der Waals surface area contributed by atoms with E-state index in [-0.39, 0.29) is 5.41 Å². The Morgan fingerprint density at radius 3 is 1.32 bits per heavy atom. The summed E-state index contributed by atoms with van der Waals surface area (Å²) in [6.07, 6.45) is 8.44. The van der Waals surface area contributed by atoms with Crippen molar-refractivity contribution in [1.82, 2.24) is 15.0 Å². The third kappa shape index (κ3) is 7.11. The van der Waals surface area contributed by atoms with Crippen LogP contribution in [0.15, 0.2) is 212 Å². The van der Waals surface area contributed by atoms with Crippen LogP contribution >= 0.6 is 0 Å². The third-order valence-corrected chi connectivity index (χ3v) is 18.2. The zero-order chi connectivity index (χ0) is 49.1. The van der Waals surface area contributed by atoms with Gasteiger partial charge in [0.2, 0.25) is 0 Å². The number of fused-ring (bicyclic) bond motifs is 6. The summed E-state index contributed by atoms with van der Waals surface area (Å²) in [6, 6.07) is 78.4. The van der Waals surface area contributed by atoms with E-state index in [2.05, 4.69) is 226 Å². The molecule has 1 atom stereocenters. The average molecular weight is 952 g/mol. The first-order chi connectivity index (χ1) is 36.3. The van der Waals surface area contributed by atoms with E-state index in [9.17, 15) is 0 Å². The fraction of sp³-hybridized carbons (Fsp3) is 0.197. The molecule has 10 aromatic rings. The molecule has 74 heavy (non-hydrogen) atoms. The van der Waals surface area contributed by atoms with E-state index in [0.717, 1.165) is 51.1 Å². The van der Waals surface area contributed by atoms with Gasteiger partial charge in [-0.2, -0.15) is 0 Å². The normalized spacial score (nSPS) is 21.2. The molecule has 3 nitrogen and oxygen atoms in total. The number of hydrogen-bond acceptors (Lipinski definition) is 3. The molecule has 356 valence electrons. The lowest BCUT2D eigenvalue weighted by molar-refractivity contribution is -0.0612. The van der Waals surface area contributed by atoms with E-state index in [1.165, 1.54) is 105 Å². The Kier molecular flexibility index (Phi) is 9.87. The minimum absolute atomic E-state index is 0.0804. The van der Waals surface area contributed by atoms with Crippen LogP contribution in [0.25, 0.3) is 101 Å². The highest BCUT2D eigenvalue weighted by molar-refractivity contribution is 5.89. The van der Waals surface area contributed by atoms with E-state index in [4.69, 9.17) is 15.0 Å². The summed E-state index contributed by atoms with van der Waals surface area (Å²) in [7, 11) is 0. The lowest BCUT2D eigenvalue weighted by Gasteiger charge is -2.59. The van der Waals surface area contributed by atoms with Crippen LogP contribution in [0, 0.1) is 23.2 Å². The van der Waals surface area contributed by atoms with Crippen molar-refractivity contribution in [3.8, 4) is 101 Å². The Morgan fingerprint density at radius 2 is 0.730 bits per heavy atom. The molecule has 0 aliphatic heterocycles. The van der Waals surface area contributed by atoms with E-state index < -0.39 is 0 Å². The molecule has 0 radical (unpaired) electrons. The highest BCUT2D eigenvalue weighted by Crippen LogP contribution is 2.68. The summed E-state index contributed by atoms with van der Waals surface area (Å²) in [5.41, 5.74) is 23.8. The third-order valence-electron chi connectivity index (χ3n) is 18.2. The standard InChI is InChI=1S/C71H57N3/c1-70(2)64-20-12-11-18-60(64)62-39-54(30-32-65(62)70)56-36-55(53-29-31-59-58-17-9-10-19-61(58)66(63(59)40-53)71-41-44-33-45(42-71)35-46(34-44)43-71)37-57(38-56)69-73-67(51-25-21-49(22-26-51)47-13-5-3-6-14-47)72-68(74-69)52-27-23-50(24-28-52)48-15-7-4-8-16-48/h3-32,36-40,44-46,66H,33-35,41-43H2,1-2H3. The molecule has 4 bridgehead atoms. The van der Waals surface area contributed by atoms with Crippen molar-refractivity contribution in [2.75, 3.05) is 0 Å². The van der Waals surface area contributed by atoms with E-state index >= 15 is 0 Å². The summed E-state index contributed by atoms with van der Waals surface area (Å²) in [6.45, 7) is 4.72. The van der Waals surface area contributed by atoms with Crippen molar-refractivity contribution in [2.45, 2.75) is 63.7 Å². The fourth-order valence-electron chi connectivity index (χ4n) is 15.2. The highest BCUT2D eigenvalue weighted by atomic mass is 15.0. The molecule has 4 saturated carbocycles. The second kappa shape index (κ2) is 16.8. The smallest absolute Gasteiger partial charge is 0.164 e. The van der Waals surface area contributed by atoms with Crippen LogP contribution in [0.5, 0.6) is 0 Å². The van der Waals surface area contributed by atoms with Gasteiger partial charge in [-0.1, -0.05) is 196 Å². The Hall–Kier alpha value is -8.01. The number of rotatable bonds is 8. The molecule has 0 saturated heterocycles. The zero-order valence-electron chi connectivity index (χ0n) is 42.1. The first-order valence-corrected chi connectivity index (χ1v) is 27.0. The molecule has 0 N–H and O–H groups in total. The molecule has 4 fully saturated rings. The van der Waals surface area contributed by atoms with Gasteiger partial charge in [0.05, 0.1) is 0 Å². The van der Waals surface area contributed by atoms with Gasteiger partial charge in [-0.15, -0.1) is 0 Å². The van der Waals surface area contributed by atoms with E-state index in [0.29, 0.717) is 28.8 Å². The summed E-state index contributed by atoms with van der Waals surface area (Å²) >= 11 is 0. The largest absolute Gasteiger partial charge is 0.208 e. The molecule has 16 rings (SSSR count). The van der Waals surface area contributed by atoms with Crippen LogP contribution < -0.4 is 0 Å². The lowest BCUT2D eigenvalue weighted by atomic mass is 9.45. The number of hydrogen-bond donors (Lipinski definition) is 0. The van der Waals surface area contributed by atoms with Gasteiger partial charge in [0.15, 0.2) is 17.5 Å². The van der Waals surface area contributed by atoms with Crippen LogP contribution in [0.4, 0.5) is 0 Å². The van der Waals surface area contributed by atoms with Crippen LogP contribution in [-0.2, 0) is 5.41 Å². The van der Waals surface area contributed by atoms with Gasteiger partial charge in [0, 0.05) is 28.0 Å². The molecule has 3 heteroatoms. The van der Waals surface area contributed by atoms with E-state index in [1.807, 2.05) is 0 Å². The summed E-state index contributed by atoms with van der Waals surface area (Å²) in [4.78, 5) is 16.1. The maximum absolute atomic E-state index is 5.42. The van der Waals surface area contributed by atoms with Gasteiger partial charge in [-0.25, -0.2) is 15.0 Å². The van der Waals surface area contributed by atoms with Crippen molar-refractivity contribution >= 4 is 0 Å². The molecular formula is C71H57N3. The first kappa shape index (κ1) is 43.6. The predicted molar refractivity (Wildman–Crippen MR) is 303 cm³/mol. The monoisotopic (exact) mass is 951 g/mol.